The molecule has 0 aliphatic carbocycles. The minimum Gasteiger partial charge on any atom is -0.467 e. The van der Waals surface area contributed by atoms with Gasteiger partial charge in [-0.1, -0.05) is 6.07 Å². The molecule has 3 aliphatic heterocycles. The number of aryl methyl sites for hydroxylation is 1. The van der Waals surface area contributed by atoms with Crippen LogP contribution in [0.1, 0.15) is 35.0 Å². The molecule has 7 rings (SSSR count). The molecule has 0 N–H and O–H groups in total. The van der Waals surface area contributed by atoms with Gasteiger partial charge in [0.25, 0.3) is 0 Å². The zero-order valence-electron chi connectivity index (χ0n) is 29.3. The number of hydrogen-bond donors (Lipinski definition) is 0. The molecule has 3 saturated heterocycles. The van der Waals surface area contributed by atoms with Crippen LogP contribution >= 0.6 is 11.3 Å². The van der Waals surface area contributed by atoms with Crippen LogP contribution < -0.4 is 9.64 Å². The van der Waals surface area contributed by atoms with Gasteiger partial charge in [-0.15, -0.1) is 11.3 Å². The predicted molar refractivity (Wildman–Crippen MR) is 192 cm³/mol. The topological polar surface area (TPSA) is 111 Å². The van der Waals surface area contributed by atoms with Gasteiger partial charge < -0.3 is 14.2 Å². The van der Waals surface area contributed by atoms with Crippen LogP contribution in [0.2, 0.25) is 0 Å². The van der Waals surface area contributed by atoms with Crippen molar-refractivity contribution in [2.24, 2.45) is 11.8 Å². The molecule has 51 heavy (non-hydrogen) atoms. The zero-order chi connectivity index (χ0) is 36.2. The Morgan fingerprint density at radius 1 is 1.06 bits per heavy atom. The van der Waals surface area contributed by atoms with Crippen molar-refractivity contribution in [2.75, 3.05) is 70.6 Å². The molecule has 0 bridgehead atoms. The Hall–Kier alpha value is -3.49. The number of anilines is 1. The van der Waals surface area contributed by atoms with Crippen LogP contribution in [-0.2, 0) is 29.5 Å². The summed E-state index contributed by atoms with van der Waals surface area (Å²) in [5.41, 5.74) is 4.03. The summed E-state index contributed by atoms with van der Waals surface area (Å²) in [6, 6.07) is 10.6. The molecule has 3 fully saturated rings. The Kier molecular flexibility index (Phi) is 9.72. The molecule has 0 amide bonds. The summed E-state index contributed by atoms with van der Waals surface area (Å²) in [6.07, 6.45) is -3.07. The molecule has 3 atom stereocenters. The van der Waals surface area contributed by atoms with Gasteiger partial charge in [-0.05, 0) is 61.4 Å². The second kappa shape index (κ2) is 13.8. The minimum atomic E-state index is -4.30. The fraction of sp³-hybridized carbons (Fsp3) is 0.571. The number of nitriles is 1. The number of piperazine rings is 1. The van der Waals surface area contributed by atoms with E-state index in [9.17, 15) is 26.9 Å². The molecule has 2 unspecified atom stereocenters. The highest BCUT2D eigenvalue weighted by molar-refractivity contribution is 7.88. The van der Waals surface area contributed by atoms with Crippen LogP contribution in [0.4, 0.5) is 19.0 Å². The maximum Gasteiger partial charge on any atom is 0.393 e. The first kappa shape index (κ1) is 35.9. The molecular weight excluding hydrogens is 702 g/mol. The van der Waals surface area contributed by atoms with Gasteiger partial charge in [0, 0.05) is 87.3 Å². The van der Waals surface area contributed by atoms with Crippen molar-refractivity contribution in [1.29, 1.82) is 5.26 Å². The molecule has 3 aliphatic rings. The average molecular weight is 745 g/mol. The Morgan fingerprint density at radius 3 is 2.49 bits per heavy atom. The van der Waals surface area contributed by atoms with Gasteiger partial charge in [-0.25, -0.2) is 8.42 Å². The molecule has 4 aromatic rings. The van der Waals surface area contributed by atoms with Gasteiger partial charge in [-0.2, -0.15) is 32.7 Å². The lowest BCUT2D eigenvalue weighted by Gasteiger charge is -2.37. The predicted octanol–water partition coefficient (Wildman–Crippen LogP) is 4.86. The number of nitrogens with zero attached hydrogens (tertiary/aromatic N) is 8. The maximum atomic E-state index is 13.2. The number of hydrogen-bond acceptors (Lipinski definition) is 10. The van der Waals surface area contributed by atoms with Crippen molar-refractivity contribution in [1.82, 2.24) is 28.6 Å². The van der Waals surface area contributed by atoms with E-state index in [4.69, 9.17) is 4.74 Å². The van der Waals surface area contributed by atoms with E-state index in [1.54, 1.807) is 6.07 Å². The summed E-state index contributed by atoms with van der Waals surface area (Å²) in [6.45, 7) is 11.3. The highest BCUT2D eigenvalue weighted by atomic mass is 32.2. The van der Waals surface area contributed by atoms with Crippen molar-refractivity contribution >= 4 is 48.3 Å². The van der Waals surface area contributed by atoms with Gasteiger partial charge in [0.2, 0.25) is 10.0 Å². The molecule has 6 heterocycles. The van der Waals surface area contributed by atoms with Gasteiger partial charge in [-0.3, -0.25) is 9.80 Å². The Labute approximate surface area is 300 Å². The Morgan fingerprint density at radius 2 is 1.80 bits per heavy atom. The van der Waals surface area contributed by atoms with Crippen LogP contribution in [-0.4, -0.2) is 115 Å². The third-order valence-electron chi connectivity index (χ3n) is 10.9. The summed E-state index contributed by atoms with van der Waals surface area (Å²) in [5, 5.41) is 11.8. The van der Waals surface area contributed by atoms with Gasteiger partial charge in [0.1, 0.15) is 22.4 Å². The number of likely N-dealkylation sites (tertiary alicyclic amines) is 1. The molecule has 0 radical (unpaired) electrons. The number of halogens is 3. The van der Waals surface area contributed by atoms with E-state index >= 15 is 0 Å². The standard InChI is InChI=1S/C35H43F3N8O3S2/c1-22(43-9-11-45(12-10-43)51(4,47)48)17-46-27(16-39)13-29-23(2)24(5-6-31(29)46)18-42-19-25-7-8-44(21-26(25)20-42)32-30-14-28(15-35(36,37)38)50-33(30)41-34(40-32)49-3/h5-6,13-14,22,25-26H,7-12,15,17-21H2,1-4H3/t22-,25?,26?/m0/s1. The number of benzene rings is 1. The zero-order valence-corrected chi connectivity index (χ0v) is 30.9. The second-order valence-corrected chi connectivity index (χ2v) is 17.4. The van der Waals surface area contributed by atoms with Crippen molar-refractivity contribution in [2.45, 2.75) is 52.0 Å². The SMILES string of the molecule is COc1nc(N2CCC3CN(Cc4ccc5c(cc(C#N)n5C[C@H](C)N5CCN(S(C)(=O)=O)CC5)c4C)CC3C2)c2cc(CC(F)(F)F)sc2n1. The molecule has 3 aromatic heterocycles. The summed E-state index contributed by atoms with van der Waals surface area (Å²) in [5.74, 6) is 1.54. The molecule has 1 aromatic carbocycles. The van der Waals surface area contributed by atoms with E-state index < -0.39 is 22.6 Å². The van der Waals surface area contributed by atoms with E-state index in [0.717, 1.165) is 66.9 Å². The first-order chi connectivity index (χ1) is 24.2. The number of rotatable bonds is 9. The fourth-order valence-electron chi connectivity index (χ4n) is 8.22. The summed E-state index contributed by atoms with van der Waals surface area (Å²) >= 11 is 1.04. The lowest BCUT2D eigenvalue weighted by molar-refractivity contribution is -0.126. The lowest BCUT2D eigenvalue weighted by Crippen LogP contribution is -2.51. The number of fused-ring (bicyclic) bond motifs is 3. The monoisotopic (exact) mass is 744 g/mol. The smallest absolute Gasteiger partial charge is 0.393 e. The van der Waals surface area contributed by atoms with Crippen molar-refractivity contribution < 1.29 is 26.3 Å². The molecule has 0 saturated carbocycles. The number of methoxy groups -OCH3 is 1. The number of ether oxygens (including phenoxy) is 1. The normalized spacial score (nSPS) is 21.7. The highest BCUT2D eigenvalue weighted by Gasteiger charge is 2.38. The molecule has 0 spiro atoms. The quantitative estimate of drug-likeness (QED) is 0.237. The second-order valence-electron chi connectivity index (χ2n) is 14.3. The lowest BCUT2D eigenvalue weighted by atomic mass is 9.88. The molecule has 16 heteroatoms. The van der Waals surface area contributed by atoms with Crippen LogP contribution in [0.5, 0.6) is 6.01 Å². The third kappa shape index (κ3) is 7.41. The summed E-state index contributed by atoms with van der Waals surface area (Å²) in [4.78, 5) is 16.7. The first-order valence-corrected chi connectivity index (χ1v) is 20.0. The van der Waals surface area contributed by atoms with Gasteiger partial charge in [0.15, 0.2) is 0 Å². The first-order valence-electron chi connectivity index (χ1n) is 17.3. The fourth-order valence-corrected chi connectivity index (χ4v) is 10.1. The van der Waals surface area contributed by atoms with Gasteiger partial charge >= 0.3 is 12.2 Å². The van der Waals surface area contributed by atoms with Crippen LogP contribution in [0.25, 0.3) is 21.1 Å². The van der Waals surface area contributed by atoms with E-state index in [1.807, 2.05) is 6.07 Å². The highest BCUT2D eigenvalue weighted by Crippen LogP contribution is 2.39. The van der Waals surface area contributed by atoms with Crippen molar-refractivity contribution in [3.05, 3.63) is 46.0 Å². The Balaban J connectivity index is 1.04. The summed E-state index contributed by atoms with van der Waals surface area (Å²) in [7, 11) is -1.73. The molecule has 11 nitrogen and oxygen atoms in total. The average Bonchev–Trinajstić information content (AvgIpc) is 3.78. The largest absolute Gasteiger partial charge is 0.467 e. The van der Waals surface area contributed by atoms with Crippen LogP contribution in [0.15, 0.2) is 24.3 Å². The number of piperidine rings is 1. The van der Waals surface area contributed by atoms with E-state index in [2.05, 4.69) is 61.3 Å². The maximum absolute atomic E-state index is 13.2. The van der Waals surface area contributed by atoms with Crippen LogP contribution in [0.3, 0.4) is 0 Å². The number of alkyl halides is 3. The minimum absolute atomic E-state index is 0.128. The molecular formula is C35H43F3N8O3S2. The van der Waals surface area contributed by atoms with Crippen LogP contribution in [0, 0.1) is 30.1 Å². The molecule has 274 valence electrons. The Bertz CT molecular complexity index is 2090. The van der Waals surface area contributed by atoms with E-state index in [0.29, 0.717) is 66.3 Å². The third-order valence-corrected chi connectivity index (χ3v) is 13.3. The number of sulfonamides is 1. The summed E-state index contributed by atoms with van der Waals surface area (Å²) < 4.78 is 72.5. The van der Waals surface area contributed by atoms with E-state index in [-0.39, 0.29) is 16.9 Å². The van der Waals surface area contributed by atoms with Crippen molar-refractivity contribution in [3.63, 3.8) is 0 Å². The van der Waals surface area contributed by atoms with E-state index in [1.165, 1.54) is 23.2 Å². The van der Waals surface area contributed by atoms with Gasteiger partial charge in [0.05, 0.1) is 25.2 Å². The number of thiophene rings is 1. The van der Waals surface area contributed by atoms with Crippen molar-refractivity contribution in [3.8, 4) is 12.1 Å². The number of aromatic nitrogens is 3.